The second-order valence-electron chi connectivity index (χ2n) is 6.07. The monoisotopic (exact) mass is 382 g/mol. The van der Waals surface area contributed by atoms with Crippen LogP contribution in [0.3, 0.4) is 0 Å². The minimum absolute atomic E-state index is 0.291. The van der Waals surface area contributed by atoms with Crippen LogP contribution in [0.4, 0.5) is 0 Å². The molecule has 0 N–H and O–H groups in total. The van der Waals surface area contributed by atoms with E-state index in [2.05, 4.69) is 0 Å². The van der Waals surface area contributed by atoms with Gasteiger partial charge in [-0.15, -0.1) is 11.3 Å². The summed E-state index contributed by atoms with van der Waals surface area (Å²) in [5.41, 5.74) is 2.36. The molecule has 0 aliphatic rings. The standard InChI is InChI=1S/C20H15ClN2O2S/c1-13-5-4-7-15(11-13)23-19(24)18-17(9-10-26-18)22(20(23)25)12-14-6-2-3-8-16(14)21/h2-11H,12H2,1H3. The number of aryl methyl sites for hydroxylation is 1. The molecule has 0 bridgehead atoms. The molecule has 0 atom stereocenters. The van der Waals surface area contributed by atoms with Gasteiger partial charge in [-0.25, -0.2) is 9.36 Å². The molecule has 2 aromatic carbocycles. The maximum absolute atomic E-state index is 13.2. The highest BCUT2D eigenvalue weighted by molar-refractivity contribution is 7.17. The van der Waals surface area contributed by atoms with Crippen molar-refractivity contribution in [2.45, 2.75) is 13.5 Å². The van der Waals surface area contributed by atoms with E-state index >= 15 is 0 Å². The molecule has 2 heterocycles. The Morgan fingerprint density at radius 1 is 1.04 bits per heavy atom. The van der Waals surface area contributed by atoms with E-state index < -0.39 is 0 Å². The molecule has 0 amide bonds. The molecule has 0 saturated heterocycles. The van der Waals surface area contributed by atoms with E-state index in [4.69, 9.17) is 11.6 Å². The van der Waals surface area contributed by atoms with E-state index in [0.29, 0.717) is 27.5 Å². The Morgan fingerprint density at radius 3 is 2.62 bits per heavy atom. The number of nitrogens with zero attached hydrogens (tertiary/aromatic N) is 2. The molecule has 26 heavy (non-hydrogen) atoms. The van der Waals surface area contributed by atoms with Crippen molar-refractivity contribution in [1.29, 1.82) is 0 Å². The Labute approximate surface area is 158 Å². The van der Waals surface area contributed by atoms with E-state index in [0.717, 1.165) is 11.1 Å². The lowest BCUT2D eigenvalue weighted by molar-refractivity contribution is 0.716. The first kappa shape index (κ1) is 16.8. The third-order valence-electron chi connectivity index (χ3n) is 4.30. The van der Waals surface area contributed by atoms with Gasteiger partial charge in [0.2, 0.25) is 0 Å². The number of aromatic nitrogens is 2. The van der Waals surface area contributed by atoms with Crippen molar-refractivity contribution in [3.05, 3.63) is 97.0 Å². The largest absolute Gasteiger partial charge is 0.336 e. The fourth-order valence-electron chi connectivity index (χ4n) is 3.03. The van der Waals surface area contributed by atoms with E-state index in [9.17, 15) is 9.59 Å². The number of hydrogen-bond acceptors (Lipinski definition) is 3. The molecule has 0 aliphatic heterocycles. The van der Waals surface area contributed by atoms with Crippen LogP contribution < -0.4 is 11.2 Å². The number of benzene rings is 2. The van der Waals surface area contributed by atoms with Gasteiger partial charge in [-0.3, -0.25) is 9.36 Å². The van der Waals surface area contributed by atoms with Gasteiger partial charge in [-0.05, 0) is 47.7 Å². The van der Waals surface area contributed by atoms with Crippen molar-refractivity contribution in [3.63, 3.8) is 0 Å². The lowest BCUT2D eigenvalue weighted by atomic mass is 10.2. The molecule has 0 radical (unpaired) electrons. The van der Waals surface area contributed by atoms with Crippen molar-refractivity contribution >= 4 is 33.2 Å². The highest BCUT2D eigenvalue weighted by Crippen LogP contribution is 2.20. The fraction of sp³-hybridized carbons (Fsp3) is 0.100. The van der Waals surface area contributed by atoms with Crippen molar-refractivity contribution in [1.82, 2.24) is 9.13 Å². The van der Waals surface area contributed by atoms with Gasteiger partial charge >= 0.3 is 5.69 Å². The lowest BCUT2D eigenvalue weighted by Gasteiger charge is -2.13. The highest BCUT2D eigenvalue weighted by Gasteiger charge is 2.16. The van der Waals surface area contributed by atoms with Crippen LogP contribution in [0, 0.1) is 6.92 Å². The van der Waals surface area contributed by atoms with Gasteiger partial charge in [0.15, 0.2) is 0 Å². The normalized spacial score (nSPS) is 11.2. The number of fused-ring (bicyclic) bond motifs is 1. The quantitative estimate of drug-likeness (QED) is 0.532. The predicted octanol–water partition coefficient (Wildman–Crippen LogP) is 4.22. The summed E-state index contributed by atoms with van der Waals surface area (Å²) in [6.45, 7) is 2.23. The minimum atomic E-state index is -0.369. The fourth-order valence-corrected chi connectivity index (χ4v) is 4.05. The Morgan fingerprint density at radius 2 is 1.85 bits per heavy atom. The SMILES string of the molecule is Cc1cccc(-n2c(=O)c3sccc3n(Cc3ccccc3Cl)c2=O)c1. The molecule has 130 valence electrons. The summed E-state index contributed by atoms with van der Waals surface area (Å²) in [5, 5.41) is 2.42. The van der Waals surface area contributed by atoms with E-state index in [1.165, 1.54) is 15.9 Å². The van der Waals surface area contributed by atoms with Crippen LogP contribution in [0.1, 0.15) is 11.1 Å². The molecule has 4 rings (SSSR count). The molecule has 4 aromatic rings. The van der Waals surface area contributed by atoms with Crippen LogP contribution in [0.15, 0.2) is 69.6 Å². The van der Waals surface area contributed by atoms with Gasteiger partial charge in [-0.1, -0.05) is 41.9 Å². The van der Waals surface area contributed by atoms with Gasteiger partial charge in [0.1, 0.15) is 4.70 Å². The summed E-state index contributed by atoms with van der Waals surface area (Å²) >= 11 is 7.62. The topological polar surface area (TPSA) is 44.0 Å². The lowest BCUT2D eigenvalue weighted by Crippen LogP contribution is -2.38. The van der Waals surface area contributed by atoms with Crippen molar-refractivity contribution in [3.8, 4) is 5.69 Å². The Kier molecular flexibility index (Phi) is 4.26. The van der Waals surface area contributed by atoms with Crippen LogP contribution in [0.2, 0.25) is 5.02 Å². The molecule has 0 spiro atoms. The molecular weight excluding hydrogens is 368 g/mol. The van der Waals surface area contributed by atoms with Crippen LogP contribution >= 0.6 is 22.9 Å². The average molecular weight is 383 g/mol. The first-order valence-corrected chi connectivity index (χ1v) is 9.35. The average Bonchev–Trinajstić information content (AvgIpc) is 3.10. The summed E-state index contributed by atoms with van der Waals surface area (Å²) in [6.07, 6.45) is 0. The third-order valence-corrected chi connectivity index (χ3v) is 5.56. The van der Waals surface area contributed by atoms with Gasteiger partial charge in [-0.2, -0.15) is 0 Å². The molecule has 0 fully saturated rings. The second kappa shape index (κ2) is 6.59. The predicted molar refractivity (Wildman–Crippen MR) is 107 cm³/mol. The van der Waals surface area contributed by atoms with Crippen molar-refractivity contribution in [2.75, 3.05) is 0 Å². The molecule has 0 aliphatic carbocycles. The van der Waals surface area contributed by atoms with Crippen LogP contribution in [0.5, 0.6) is 0 Å². The first-order chi connectivity index (χ1) is 12.6. The molecule has 6 heteroatoms. The van der Waals surface area contributed by atoms with Crippen LogP contribution in [0.25, 0.3) is 15.9 Å². The Hall–Kier alpha value is -2.63. The zero-order valence-electron chi connectivity index (χ0n) is 14.0. The van der Waals surface area contributed by atoms with E-state index in [1.54, 1.807) is 22.8 Å². The van der Waals surface area contributed by atoms with Crippen molar-refractivity contribution in [2.24, 2.45) is 0 Å². The van der Waals surface area contributed by atoms with Gasteiger partial charge in [0, 0.05) is 5.02 Å². The molecule has 0 unspecified atom stereocenters. The number of thiophene rings is 1. The van der Waals surface area contributed by atoms with Gasteiger partial charge in [0.25, 0.3) is 5.56 Å². The summed E-state index contributed by atoms with van der Waals surface area (Å²) in [5.74, 6) is 0. The third kappa shape index (κ3) is 2.79. The van der Waals surface area contributed by atoms with E-state index in [-0.39, 0.29) is 11.2 Å². The molecular formula is C20H15ClN2O2S. The first-order valence-electron chi connectivity index (χ1n) is 8.10. The van der Waals surface area contributed by atoms with Crippen molar-refractivity contribution < 1.29 is 0 Å². The zero-order chi connectivity index (χ0) is 18.3. The zero-order valence-corrected chi connectivity index (χ0v) is 15.6. The summed E-state index contributed by atoms with van der Waals surface area (Å²) < 4.78 is 3.40. The maximum Gasteiger partial charge on any atom is 0.336 e. The Balaban J connectivity index is 2.02. The molecule has 4 nitrogen and oxygen atoms in total. The minimum Gasteiger partial charge on any atom is -0.288 e. The van der Waals surface area contributed by atoms with E-state index in [1.807, 2.05) is 48.7 Å². The highest BCUT2D eigenvalue weighted by atomic mass is 35.5. The number of rotatable bonds is 3. The smallest absolute Gasteiger partial charge is 0.288 e. The summed E-state index contributed by atoms with van der Waals surface area (Å²) in [6, 6.07) is 16.6. The summed E-state index contributed by atoms with van der Waals surface area (Å²) in [7, 11) is 0. The Bertz CT molecular complexity index is 1240. The number of hydrogen-bond donors (Lipinski definition) is 0. The second-order valence-corrected chi connectivity index (χ2v) is 7.40. The maximum atomic E-state index is 13.2. The van der Waals surface area contributed by atoms with Crippen LogP contribution in [-0.4, -0.2) is 9.13 Å². The van der Waals surface area contributed by atoms with Gasteiger partial charge in [0.05, 0.1) is 17.7 Å². The molecule has 0 saturated carbocycles. The summed E-state index contributed by atoms with van der Waals surface area (Å²) in [4.78, 5) is 26.1. The molecule has 2 aromatic heterocycles. The van der Waals surface area contributed by atoms with Crippen LogP contribution in [-0.2, 0) is 6.54 Å². The number of halogens is 1. The van der Waals surface area contributed by atoms with Gasteiger partial charge < -0.3 is 0 Å².